The molecule has 1 fully saturated rings. The van der Waals surface area contributed by atoms with Crippen LogP contribution in [0.5, 0.6) is 0 Å². The Morgan fingerprint density at radius 3 is 2.86 bits per heavy atom. The van der Waals surface area contributed by atoms with Crippen LogP contribution in [-0.4, -0.2) is 39.9 Å². The van der Waals surface area contributed by atoms with E-state index in [4.69, 9.17) is 4.74 Å². The minimum atomic E-state index is -0.452. The summed E-state index contributed by atoms with van der Waals surface area (Å²) in [4.78, 5) is 14.2. The number of ether oxygens (including phenoxy) is 1. The summed E-state index contributed by atoms with van der Waals surface area (Å²) < 4.78 is 5.53. The molecule has 0 aromatic carbocycles. The molecule has 1 aromatic heterocycles. The number of hydrogen-bond donors (Lipinski definition) is 1. The number of likely N-dealkylation sites (tertiary alicyclic amines) is 1. The fraction of sp³-hybridized carbons (Fsp3) is 0.565. The number of carbonyl (C=O) groups excluding carboxylic acids is 1. The van der Waals surface area contributed by atoms with Crippen LogP contribution in [0.4, 0.5) is 4.79 Å². The molecule has 2 unspecified atom stereocenters. The normalized spacial score (nSPS) is 23.1. The molecule has 0 saturated carbocycles. The van der Waals surface area contributed by atoms with E-state index in [2.05, 4.69) is 53.6 Å². The van der Waals surface area contributed by atoms with Gasteiger partial charge in [0.05, 0.1) is 5.69 Å². The highest BCUT2D eigenvalue weighted by Crippen LogP contribution is 2.30. The lowest BCUT2D eigenvalue weighted by atomic mass is 9.95. The van der Waals surface area contributed by atoms with Crippen LogP contribution in [0.3, 0.4) is 0 Å². The molecule has 1 aromatic rings. The van der Waals surface area contributed by atoms with Crippen LogP contribution in [0.15, 0.2) is 42.0 Å². The van der Waals surface area contributed by atoms with Gasteiger partial charge in [-0.2, -0.15) is 5.10 Å². The highest BCUT2D eigenvalue weighted by atomic mass is 16.6. The molecule has 1 amide bonds. The number of H-pyrrole nitrogens is 1. The second kappa shape index (κ2) is 8.80. The molecule has 1 aliphatic heterocycles. The number of aromatic amines is 1. The molecule has 5 heteroatoms. The number of aromatic nitrogens is 2. The summed E-state index contributed by atoms with van der Waals surface area (Å²) in [6.45, 7) is 9.37. The Labute approximate surface area is 168 Å². The van der Waals surface area contributed by atoms with Crippen LogP contribution in [0.25, 0.3) is 0 Å². The van der Waals surface area contributed by atoms with Gasteiger partial charge in [0, 0.05) is 30.6 Å². The maximum Gasteiger partial charge on any atom is 0.410 e. The molecule has 2 aliphatic rings. The van der Waals surface area contributed by atoms with Crippen molar-refractivity contribution in [2.45, 2.75) is 70.8 Å². The van der Waals surface area contributed by atoms with Crippen molar-refractivity contribution in [3.63, 3.8) is 0 Å². The summed E-state index contributed by atoms with van der Waals surface area (Å²) in [6, 6.07) is 2.20. The van der Waals surface area contributed by atoms with Gasteiger partial charge >= 0.3 is 6.09 Å². The van der Waals surface area contributed by atoms with Gasteiger partial charge in [-0.3, -0.25) is 5.10 Å². The monoisotopic (exact) mass is 383 g/mol. The van der Waals surface area contributed by atoms with E-state index in [0.717, 1.165) is 50.2 Å². The van der Waals surface area contributed by atoms with Crippen molar-refractivity contribution in [2.75, 3.05) is 13.1 Å². The van der Waals surface area contributed by atoms with Crippen molar-refractivity contribution in [1.29, 1.82) is 0 Å². The van der Waals surface area contributed by atoms with Crippen molar-refractivity contribution in [2.24, 2.45) is 0 Å². The summed E-state index contributed by atoms with van der Waals surface area (Å²) in [6.07, 6.45) is 14.7. The molecule has 1 aliphatic carbocycles. The smallest absolute Gasteiger partial charge is 0.410 e. The third-order valence-electron chi connectivity index (χ3n) is 5.33. The van der Waals surface area contributed by atoms with Crippen LogP contribution in [0.1, 0.15) is 76.6 Å². The van der Waals surface area contributed by atoms with Crippen molar-refractivity contribution >= 4 is 6.09 Å². The number of nitrogens with one attached hydrogen (secondary N) is 1. The Morgan fingerprint density at radius 1 is 1.29 bits per heavy atom. The summed E-state index contributed by atoms with van der Waals surface area (Å²) in [5, 5.41) is 7.85. The second-order valence-electron chi connectivity index (χ2n) is 8.71. The van der Waals surface area contributed by atoms with Crippen molar-refractivity contribution < 1.29 is 9.53 Å². The van der Waals surface area contributed by atoms with Crippen molar-refractivity contribution in [3.8, 4) is 0 Å². The Balaban J connectivity index is 1.62. The van der Waals surface area contributed by atoms with Crippen molar-refractivity contribution in [1.82, 2.24) is 15.1 Å². The van der Waals surface area contributed by atoms with Gasteiger partial charge in [-0.15, -0.1) is 0 Å². The first-order valence-electron chi connectivity index (χ1n) is 10.4. The van der Waals surface area contributed by atoms with E-state index in [1.807, 2.05) is 25.7 Å². The fourth-order valence-corrected chi connectivity index (χ4v) is 3.72. The topological polar surface area (TPSA) is 58.2 Å². The van der Waals surface area contributed by atoms with E-state index in [0.29, 0.717) is 5.92 Å². The molecule has 2 atom stereocenters. The molecule has 0 radical (unpaired) electrons. The highest BCUT2D eigenvalue weighted by molar-refractivity contribution is 5.68. The zero-order valence-electron chi connectivity index (χ0n) is 17.6. The predicted molar refractivity (Wildman–Crippen MR) is 112 cm³/mol. The van der Waals surface area contributed by atoms with Crippen LogP contribution < -0.4 is 0 Å². The van der Waals surface area contributed by atoms with E-state index in [1.165, 1.54) is 5.57 Å². The maximum absolute atomic E-state index is 12.4. The Morgan fingerprint density at radius 2 is 2.11 bits per heavy atom. The Kier molecular flexibility index (Phi) is 6.42. The molecule has 152 valence electrons. The lowest BCUT2D eigenvalue weighted by Gasteiger charge is -2.26. The molecular formula is C23H33N3O2. The van der Waals surface area contributed by atoms with Crippen LogP contribution >= 0.6 is 0 Å². The predicted octanol–water partition coefficient (Wildman–Crippen LogP) is 5.46. The van der Waals surface area contributed by atoms with Crippen LogP contribution in [0, 0.1) is 0 Å². The van der Waals surface area contributed by atoms with Crippen LogP contribution in [0.2, 0.25) is 0 Å². The molecule has 1 saturated heterocycles. The lowest BCUT2D eigenvalue weighted by molar-refractivity contribution is 0.0256. The summed E-state index contributed by atoms with van der Waals surface area (Å²) >= 11 is 0. The Hall–Kier alpha value is -2.30. The minimum Gasteiger partial charge on any atom is -0.444 e. The average Bonchev–Trinajstić information content (AvgIpc) is 2.84. The highest BCUT2D eigenvalue weighted by Gasteiger charge is 2.27. The molecule has 0 bridgehead atoms. The molecule has 2 heterocycles. The second-order valence-corrected chi connectivity index (χ2v) is 8.71. The van der Waals surface area contributed by atoms with E-state index < -0.39 is 5.60 Å². The molecule has 1 N–H and O–H groups in total. The first kappa shape index (κ1) is 20.4. The molecule has 3 rings (SSSR count). The van der Waals surface area contributed by atoms with E-state index in [1.54, 1.807) is 0 Å². The first-order chi connectivity index (χ1) is 13.4. The van der Waals surface area contributed by atoms with Gasteiger partial charge in [0.1, 0.15) is 5.60 Å². The van der Waals surface area contributed by atoms with Crippen LogP contribution in [-0.2, 0) is 4.74 Å². The van der Waals surface area contributed by atoms with Gasteiger partial charge in [-0.25, -0.2) is 4.79 Å². The van der Waals surface area contributed by atoms with Gasteiger partial charge in [0.2, 0.25) is 0 Å². The molecule has 5 nitrogen and oxygen atoms in total. The number of amides is 1. The van der Waals surface area contributed by atoms with Gasteiger partial charge < -0.3 is 9.64 Å². The average molecular weight is 384 g/mol. The molecule has 28 heavy (non-hydrogen) atoms. The maximum atomic E-state index is 12.4. The summed E-state index contributed by atoms with van der Waals surface area (Å²) in [5.41, 5.74) is 3.12. The number of carbonyl (C=O) groups is 1. The summed E-state index contributed by atoms with van der Waals surface area (Å²) in [5.74, 6) is 0.603. The largest absolute Gasteiger partial charge is 0.444 e. The fourth-order valence-electron chi connectivity index (χ4n) is 3.72. The summed E-state index contributed by atoms with van der Waals surface area (Å²) in [7, 11) is 0. The molecule has 0 spiro atoms. The van der Waals surface area contributed by atoms with Gasteiger partial charge in [0.25, 0.3) is 0 Å². The number of hydrogen-bond acceptors (Lipinski definition) is 3. The minimum absolute atomic E-state index is 0.205. The first-order valence-corrected chi connectivity index (χ1v) is 10.4. The van der Waals surface area contributed by atoms with Gasteiger partial charge in [-0.1, -0.05) is 37.3 Å². The SMILES string of the molecule is CCC1=CC=CC(c2cc(C3CCCN(C(=O)OC(C)(C)C)CC3)n[nH]2)C=C1. The number of allylic oxidation sites excluding steroid dienone is 6. The number of rotatable bonds is 3. The van der Waals surface area contributed by atoms with E-state index in [9.17, 15) is 4.79 Å². The number of nitrogens with zero attached hydrogens (tertiary/aromatic N) is 2. The van der Waals surface area contributed by atoms with Gasteiger partial charge in [-0.05, 0) is 58.1 Å². The Bertz CT molecular complexity index is 767. The quantitative estimate of drug-likeness (QED) is 0.754. The lowest BCUT2D eigenvalue weighted by Crippen LogP contribution is -2.37. The van der Waals surface area contributed by atoms with E-state index >= 15 is 0 Å². The third kappa shape index (κ3) is 5.37. The third-order valence-corrected chi connectivity index (χ3v) is 5.33. The zero-order valence-corrected chi connectivity index (χ0v) is 17.6. The zero-order chi connectivity index (χ0) is 20.1. The van der Waals surface area contributed by atoms with E-state index in [-0.39, 0.29) is 12.0 Å². The standard InChI is InChI=1S/C23H33N3O2/c1-5-17-8-6-9-18(12-11-17)20-16-21(25-24-20)19-10-7-14-26(15-13-19)22(27)28-23(2,3)4/h6,8-9,11-12,16,18-19H,5,7,10,13-15H2,1-4H3,(H,24,25). The van der Waals surface area contributed by atoms with Gasteiger partial charge in [0.15, 0.2) is 0 Å². The molecular weight excluding hydrogens is 350 g/mol. The van der Waals surface area contributed by atoms with Crippen molar-refractivity contribution in [3.05, 3.63) is 53.4 Å².